The fourth-order valence-electron chi connectivity index (χ4n) is 1.19. The lowest BCUT2D eigenvalue weighted by molar-refractivity contribution is -0.171. The van der Waals surface area contributed by atoms with Crippen LogP contribution in [0.15, 0.2) is 0 Å². The Morgan fingerprint density at radius 2 is 2.00 bits per heavy atom. The summed E-state index contributed by atoms with van der Waals surface area (Å²) in [6.45, 7) is 5.39. The average Bonchev–Trinajstić information content (AvgIpc) is 2.11. The normalized spacial score (nSPS) is 20.5. The first-order valence-corrected chi connectivity index (χ1v) is 6.13. The molecule has 1 saturated heterocycles. The van der Waals surface area contributed by atoms with Crippen LogP contribution in [0.1, 0.15) is 33.6 Å². The second kappa shape index (κ2) is 5.02. The summed E-state index contributed by atoms with van der Waals surface area (Å²) >= 11 is 12.0. The van der Waals surface area contributed by atoms with Gasteiger partial charge in [-0.25, -0.2) is 0 Å². The third-order valence-electron chi connectivity index (χ3n) is 2.38. The van der Waals surface area contributed by atoms with E-state index in [1.54, 1.807) is 20.8 Å². The lowest BCUT2D eigenvalue weighted by Crippen LogP contribution is -2.46. The number of carbonyl (C=O) groups excluding carboxylic acids is 2. The quantitative estimate of drug-likeness (QED) is 0.587. The maximum atomic E-state index is 11.5. The fraction of sp³-hybridized carbons (Fsp3) is 0.818. The van der Waals surface area contributed by atoms with Crippen molar-refractivity contribution in [2.75, 3.05) is 6.61 Å². The minimum Gasteiger partial charge on any atom is -0.465 e. The van der Waals surface area contributed by atoms with Gasteiger partial charge in [-0.05, 0) is 20.8 Å². The van der Waals surface area contributed by atoms with Crippen LogP contribution in [0.3, 0.4) is 0 Å². The minimum atomic E-state index is -1.19. The highest BCUT2D eigenvalue weighted by Crippen LogP contribution is 2.38. The number of esters is 2. The molecule has 0 aromatic carbocycles. The van der Waals surface area contributed by atoms with Gasteiger partial charge >= 0.3 is 11.9 Å². The van der Waals surface area contributed by atoms with Crippen molar-refractivity contribution >= 4 is 35.1 Å². The van der Waals surface area contributed by atoms with Crippen molar-refractivity contribution in [2.45, 2.75) is 44.1 Å². The number of hydrogen-bond donors (Lipinski definition) is 0. The van der Waals surface area contributed by atoms with Crippen LogP contribution in [0.5, 0.6) is 0 Å². The molecule has 0 radical (unpaired) electrons. The molecule has 0 amide bonds. The molecule has 1 aliphatic rings. The first-order chi connectivity index (χ1) is 7.63. The highest BCUT2D eigenvalue weighted by atomic mass is 35.5. The van der Waals surface area contributed by atoms with Gasteiger partial charge in [0.15, 0.2) is 4.33 Å². The van der Waals surface area contributed by atoms with Crippen LogP contribution >= 0.6 is 23.2 Å². The molecule has 1 fully saturated rings. The lowest BCUT2D eigenvalue weighted by Gasteiger charge is -2.35. The van der Waals surface area contributed by atoms with Gasteiger partial charge in [0.25, 0.3) is 0 Å². The van der Waals surface area contributed by atoms with Crippen molar-refractivity contribution < 1.29 is 19.1 Å². The lowest BCUT2D eigenvalue weighted by atomic mass is 9.97. The molecular formula is C11H16Cl2O4. The molecule has 0 bridgehead atoms. The second-order valence-electron chi connectivity index (χ2n) is 5.08. The van der Waals surface area contributed by atoms with Crippen LogP contribution < -0.4 is 0 Å². The number of alkyl halides is 2. The van der Waals surface area contributed by atoms with Crippen LogP contribution in [0.25, 0.3) is 0 Å². The highest BCUT2D eigenvalue weighted by Gasteiger charge is 2.45. The predicted octanol–water partition coefficient (Wildman–Crippen LogP) is 2.46. The molecule has 1 rings (SSSR count). The molecule has 0 unspecified atom stereocenters. The Balaban J connectivity index is 2.31. The van der Waals surface area contributed by atoms with Crippen LogP contribution in [-0.2, 0) is 19.1 Å². The van der Waals surface area contributed by atoms with Gasteiger partial charge in [-0.3, -0.25) is 9.59 Å². The number of cyclic esters (lactones) is 1. The maximum absolute atomic E-state index is 11.5. The molecule has 0 N–H and O–H groups in total. The van der Waals surface area contributed by atoms with E-state index in [1.165, 1.54) is 0 Å². The predicted molar refractivity (Wildman–Crippen MR) is 64.0 cm³/mol. The molecule has 1 atom stereocenters. The van der Waals surface area contributed by atoms with Crippen LogP contribution in [0, 0.1) is 5.41 Å². The van der Waals surface area contributed by atoms with Crippen molar-refractivity contribution in [1.82, 2.24) is 0 Å². The van der Waals surface area contributed by atoms with Gasteiger partial charge in [-0.1, -0.05) is 23.2 Å². The Morgan fingerprint density at radius 1 is 1.47 bits per heavy atom. The Hall–Kier alpha value is -0.480. The summed E-state index contributed by atoms with van der Waals surface area (Å²) in [5, 5.41) is 0. The van der Waals surface area contributed by atoms with E-state index >= 15 is 0 Å². The molecule has 17 heavy (non-hydrogen) atoms. The van der Waals surface area contributed by atoms with Crippen molar-refractivity contribution in [3.05, 3.63) is 0 Å². The molecular weight excluding hydrogens is 267 g/mol. The van der Waals surface area contributed by atoms with E-state index in [-0.39, 0.29) is 31.4 Å². The van der Waals surface area contributed by atoms with Gasteiger partial charge in [-0.15, -0.1) is 0 Å². The number of halogens is 2. The van der Waals surface area contributed by atoms with Crippen molar-refractivity contribution in [2.24, 2.45) is 5.41 Å². The van der Waals surface area contributed by atoms with E-state index in [0.717, 1.165) is 0 Å². The van der Waals surface area contributed by atoms with Crippen LogP contribution in [0.2, 0.25) is 0 Å². The Kier molecular flexibility index (Phi) is 4.31. The maximum Gasteiger partial charge on any atom is 0.311 e. The Morgan fingerprint density at radius 3 is 2.41 bits per heavy atom. The highest BCUT2D eigenvalue weighted by molar-refractivity contribution is 6.49. The number of hydrogen-bond acceptors (Lipinski definition) is 4. The zero-order valence-electron chi connectivity index (χ0n) is 10.1. The fourth-order valence-corrected chi connectivity index (χ4v) is 1.59. The monoisotopic (exact) mass is 282 g/mol. The van der Waals surface area contributed by atoms with Gasteiger partial charge in [-0.2, -0.15) is 0 Å². The zero-order valence-corrected chi connectivity index (χ0v) is 11.6. The van der Waals surface area contributed by atoms with E-state index in [2.05, 4.69) is 0 Å². The first-order valence-electron chi connectivity index (χ1n) is 5.37. The van der Waals surface area contributed by atoms with E-state index in [4.69, 9.17) is 32.7 Å². The summed E-state index contributed by atoms with van der Waals surface area (Å²) in [5.41, 5.74) is -0.551. The number of rotatable bonds is 4. The SMILES string of the molecule is CC(C)(C)C(=O)OCCC(Cl)(Cl)[C@H]1CC(=O)O1. The molecule has 6 heteroatoms. The molecule has 0 aromatic heterocycles. The molecule has 0 aromatic rings. The molecule has 0 aliphatic carbocycles. The van der Waals surface area contributed by atoms with E-state index < -0.39 is 15.9 Å². The summed E-state index contributed by atoms with van der Waals surface area (Å²) < 4.78 is 8.64. The molecule has 1 aliphatic heterocycles. The second-order valence-corrected chi connectivity index (χ2v) is 6.62. The molecule has 4 nitrogen and oxygen atoms in total. The summed E-state index contributed by atoms with van der Waals surface area (Å²) in [5.74, 6) is -0.625. The van der Waals surface area contributed by atoms with Gasteiger partial charge in [0, 0.05) is 6.42 Å². The van der Waals surface area contributed by atoms with E-state index in [1.807, 2.05) is 0 Å². The van der Waals surface area contributed by atoms with Crippen molar-refractivity contribution in [1.29, 1.82) is 0 Å². The smallest absolute Gasteiger partial charge is 0.311 e. The van der Waals surface area contributed by atoms with Crippen LogP contribution in [-0.4, -0.2) is 29.0 Å². The third kappa shape index (κ3) is 4.03. The summed E-state index contributed by atoms with van der Waals surface area (Å²) in [6.07, 6.45) is -0.0671. The van der Waals surface area contributed by atoms with Gasteiger partial charge < -0.3 is 9.47 Å². The summed E-state index contributed by atoms with van der Waals surface area (Å²) in [7, 11) is 0. The van der Waals surface area contributed by atoms with Crippen molar-refractivity contribution in [3.63, 3.8) is 0 Å². The molecule has 0 saturated carbocycles. The van der Waals surface area contributed by atoms with Gasteiger partial charge in [0.1, 0.15) is 6.10 Å². The van der Waals surface area contributed by atoms with E-state index in [9.17, 15) is 9.59 Å². The summed E-state index contributed by atoms with van der Waals surface area (Å²) in [6, 6.07) is 0. The average molecular weight is 283 g/mol. The number of ether oxygens (including phenoxy) is 2. The largest absolute Gasteiger partial charge is 0.465 e. The zero-order chi connectivity index (χ0) is 13.3. The number of carbonyl (C=O) groups is 2. The minimum absolute atomic E-state index is 0.108. The molecule has 0 spiro atoms. The Bertz CT molecular complexity index is 312. The molecule has 1 heterocycles. The summed E-state index contributed by atoms with van der Waals surface area (Å²) in [4.78, 5) is 22.1. The van der Waals surface area contributed by atoms with Crippen LogP contribution in [0.4, 0.5) is 0 Å². The van der Waals surface area contributed by atoms with Gasteiger partial charge in [0.05, 0.1) is 18.4 Å². The molecule has 98 valence electrons. The van der Waals surface area contributed by atoms with Gasteiger partial charge in [0.2, 0.25) is 0 Å². The third-order valence-corrected chi connectivity index (χ3v) is 3.24. The standard InChI is InChI=1S/C11H16Cl2O4/c1-10(2,3)9(15)16-5-4-11(12,13)7-6-8(14)17-7/h7H,4-6H2,1-3H3/t7-/m1/s1. The van der Waals surface area contributed by atoms with Crippen molar-refractivity contribution in [3.8, 4) is 0 Å². The first kappa shape index (κ1) is 14.6. The van der Waals surface area contributed by atoms with E-state index in [0.29, 0.717) is 0 Å². The Labute approximate surface area is 111 Å². The topological polar surface area (TPSA) is 52.6 Å².